The molecular formula is C15H21N3. The molecule has 3 heteroatoms. The molecule has 0 bridgehead atoms. The number of nitrogens with zero attached hydrogens (tertiary/aromatic N) is 1. The minimum absolute atomic E-state index is 1.06. The van der Waals surface area contributed by atoms with Crippen LogP contribution >= 0.6 is 0 Å². The maximum absolute atomic E-state index is 3.45. The average molecular weight is 243 g/mol. The van der Waals surface area contributed by atoms with Crippen LogP contribution in [0.2, 0.25) is 0 Å². The van der Waals surface area contributed by atoms with Crippen molar-refractivity contribution in [1.29, 1.82) is 0 Å². The molecular weight excluding hydrogens is 222 g/mol. The van der Waals surface area contributed by atoms with E-state index in [1.165, 1.54) is 22.0 Å². The molecule has 0 amide bonds. The minimum atomic E-state index is 1.06. The number of hydrogen-bond acceptors (Lipinski definition) is 2. The maximum Gasteiger partial charge on any atom is 0.0489 e. The smallest absolute Gasteiger partial charge is 0.0489 e. The van der Waals surface area contributed by atoms with Gasteiger partial charge in [-0.3, -0.25) is 4.90 Å². The quantitative estimate of drug-likeness (QED) is 0.865. The van der Waals surface area contributed by atoms with Crippen LogP contribution < -0.4 is 5.32 Å². The Hall–Kier alpha value is -1.32. The summed E-state index contributed by atoms with van der Waals surface area (Å²) in [5.41, 5.74) is 4.17. The van der Waals surface area contributed by atoms with Gasteiger partial charge in [-0.05, 0) is 17.5 Å². The summed E-state index contributed by atoms with van der Waals surface area (Å²) < 4.78 is 0. The number of benzene rings is 1. The Morgan fingerprint density at radius 3 is 2.78 bits per heavy atom. The molecule has 0 radical (unpaired) electrons. The molecule has 0 spiro atoms. The molecule has 2 aromatic rings. The lowest BCUT2D eigenvalue weighted by atomic mass is 10.1. The minimum Gasteiger partial charge on any atom is -0.361 e. The number of para-hydroxylation sites is 1. The van der Waals surface area contributed by atoms with Crippen molar-refractivity contribution < 1.29 is 0 Å². The summed E-state index contributed by atoms with van der Waals surface area (Å²) in [6.45, 7) is 7.81. The van der Waals surface area contributed by atoms with Gasteiger partial charge in [-0.1, -0.05) is 25.1 Å². The summed E-state index contributed by atoms with van der Waals surface area (Å²) in [7, 11) is 0. The molecule has 1 aliphatic heterocycles. The van der Waals surface area contributed by atoms with Crippen molar-refractivity contribution in [2.45, 2.75) is 19.9 Å². The Balaban J connectivity index is 1.88. The molecule has 3 nitrogen and oxygen atoms in total. The second-order valence-electron chi connectivity index (χ2n) is 5.03. The second kappa shape index (κ2) is 5.12. The summed E-state index contributed by atoms with van der Waals surface area (Å²) in [5.74, 6) is 0. The number of rotatable bonds is 3. The average Bonchev–Trinajstić information content (AvgIpc) is 2.83. The number of nitrogens with one attached hydrogen (secondary N) is 2. The second-order valence-corrected chi connectivity index (χ2v) is 5.03. The Labute approximate surface area is 108 Å². The first-order valence-electron chi connectivity index (χ1n) is 6.89. The van der Waals surface area contributed by atoms with Crippen molar-refractivity contribution in [3.05, 3.63) is 35.5 Å². The van der Waals surface area contributed by atoms with E-state index in [1.807, 2.05) is 0 Å². The molecule has 1 aliphatic rings. The van der Waals surface area contributed by atoms with Crippen LogP contribution in [-0.2, 0) is 13.0 Å². The van der Waals surface area contributed by atoms with Crippen LogP contribution in [0.3, 0.4) is 0 Å². The van der Waals surface area contributed by atoms with E-state index in [4.69, 9.17) is 0 Å². The summed E-state index contributed by atoms with van der Waals surface area (Å²) in [6.07, 6.45) is 3.27. The van der Waals surface area contributed by atoms with Crippen LogP contribution in [0.4, 0.5) is 0 Å². The molecule has 0 unspecified atom stereocenters. The van der Waals surface area contributed by atoms with Gasteiger partial charge in [0.1, 0.15) is 0 Å². The zero-order valence-corrected chi connectivity index (χ0v) is 11.0. The fraction of sp³-hybridized carbons (Fsp3) is 0.467. The van der Waals surface area contributed by atoms with Crippen molar-refractivity contribution in [1.82, 2.24) is 15.2 Å². The number of fused-ring (bicyclic) bond motifs is 1. The van der Waals surface area contributed by atoms with Crippen LogP contribution in [-0.4, -0.2) is 36.1 Å². The van der Waals surface area contributed by atoms with E-state index in [2.05, 4.69) is 46.5 Å². The van der Waals surface area contributed by atoms with Crippen LogP contribution in [0.1, 0.15) is 18.1 Å². The topological polar surface area (TPSA) is 31.1 Å². The van der Waals surface area contributed by atoms with Crippen molar-refractivity contribution in [2.75, 3.05) is 26.2 Å². The number of piperazine rings is 1. The van der Waals surface area contributed by atoms with Crippen LogP contribution in [0.5, 0.6) is 0 Å². The van der Waals surface area contributed by atoms with Crippen LogP contribution in [0, 0.1) is 0 Å². The largest absolute Gasteiger partial charge is 0.361 e. The number of aromatic amines is 1. The van der Waals surface area contributed by atoms with Gasteiger partial charge in [0.25, 0.3) is 0 Å². The molecule has 0 saturated carbocycles. The SMILES string of the molecule is CCc1cccc2c(CN3CCNCC3)c[nH]c12. The van der Waals surface area contributed by atoms with Gasteiger partial charge in [-0.2, -0.15) is 0 Å². The fourth-order valence-electron chi connectivity index (χ4n) is 2.81. The van der Waals surface area contributed by atoms with Gasteiger partial charge in [-0.15, -0.1) is 0 Å². The molecule has 3 rings (SSSR count). The molecule has 1 aromatic heterocycles. The van der Waals surface area contributed by atoms with Gasteiger partial charge < -0.3 is 10.3 Å². The van der Waals surface area contributed by atoms with E-state index >= 15 is 0 Å². The molecule has 0 atom stereocenters. The third kappa shape index (κ3) is 2.16. The molecule has 2 N–H and O–H groups in total. The highest BCUT2D eigenvalue weighted by atomic mass is 15.2. The maximum atomic E-state index is 3.45. The van der Waals surface area contributed by atoms with Gasteiger partial charge >= 0.3 is 0 Å². The lowest BCUT2D eigenvalue weighted by Crippen LogP contribution is -2.42. The van der Waals surface area contributed by atoms with E-state index in [0.717, 1.165) is 39.1 Å². The fourth-order valence-corrected chi connectivity index (χ4v) is 2.81. The van der Waals surface area contributed by atoms with Gasteiger partial charge in [-0.25, -0.2) is 0 Å². The van der Waals surface area contributed by atoms with Gasteiger partial charge in [0.05, 0.1) is 0 Å². The van der Waals surface area contributed by atoms with Crippen LogP contribution in [0.15, 0.2) is 24.4 Å². The summed E-state index contributed by atoms with van der Waals surface area (Å²) >= 11 is 0. The third-order valence-electron chi connectivity index (χ3n) is 3.87. The van der Waals surface area contributed by atoms with Gasteiger partial charge in [0.15, 0.2) is 0 Å². The highest BCUT2D eigenvalue weighted by Crippen LogP contribution is 2.23. The zero-order valence-electron chi connectivity index (χ0n) is 11.0. The Morgan fingerprint density at radius 1 is 1.17 bits per heavy atom. The molecule has 2 heterocycles. The predicted octanol–water partition coefficient (Wildman–Crippen LogP) is 2.14. The van der Waals surface area contributed by atoms with Crippen molar-refractivity contribution in [3.8, 4) is 0 Å². The van der Waals surface area contributed by atoms with Gasteiger partial charge in [0.2, 0.25) is 0 Å². The third-order valence-corrected chi connectivity index (χ3v) is 3.87. The Bertz CT molecular complexity index is 524. The Morgan fingerprint density at radius 2 is 2.00 bits per heavy atom. The highest BCUT2D eigenvalue weighted by molar-refractivity contribution is 5.86. The van der Waals surface area contributed by atoms with E-state index < -0.39 is 0 Å². The van der Waals surface area contributed by atoms with E-state index in [-0.39, 0.29) is 0 Å². The van der Waals surface area contributed by atoms with Crippen molar-refractivity contribution in [3.63, 3.8) is 0 Å². The van der Waals surface area contributed by atoms with E-state index in [1.54, 1.807) is 0 Å². The monoisotopic (exact) mass is 243 g/mol. The molecule has 1 saturated heterocycles. The first-order valence-corrected chi connectivity index (χ1v) is 6.89. The van der Waals surface area contributed by atoms with E-state index in [9.17, 15) is 0 Å². The molecule has 1 aromatic carbocycles. The predicted molar refractivity (Wildman–Crippen MR) is 75.8 cm³/mol. The number of aryl methyl sites for hydroxylation is 1. The number of hydrogen-bond donors (Lipinski definition) is 2. The molecule has 18 heavy (non-hydrogen) atoms. The normalized spacial score (nSPS) is 17.4. The standard InChI is InChI=1S/C15H21N3/c1-2-12-4-3-5-14-13(10-17-15(12)14)11-18-8-6-16-7-9-18/h3-5,10,16-17H,2,6-9,11H2,1H3. The molecule has 96 valence electrons. The van der Waals surface area contributed by atoms with Gasteiger partial charge in [0, 0.05) is 49.8 Å². The Kier molecular flexibility index (Phi) is 3.35. The summed E-state index contributed by atoms with van der Waals surface area (Å²) in [6, 6.07) is 6.63. The first-order chi connectivity index (χ1) is 8.88. The molecule has 1 fully saturated rings. The zero-order chi connectivity index (χ0) is 12.4. The van der Waals surface area contributed by atoms with Crippen LogP contribution in [0.25, 0.3) is 10.9 Å². The van der Waals surface area contributed by atoms with Crippen molar-refractivity contribution >= 4 is 10.9 Å². The number of aromatic nitrogens is 1. The lowest BCUT2D eigenvalue weighted by Gasteiger charge is -2.26. The molecule has 0 aliphatic carbocycles. The lowest BCUT2D eigenvalue weighted by molar-refractivity contribution is 0.234. The number of H-pyrrole nitrogens is 1. The van der Waals surface area contributed by atoms with Crippen molar-refractivity contribution in [2.24, 2.45) is 0 Å². The first kappa shape index (κ1) is 11.8. The highest BCUT2D eigenvalue weighted by Gasteiger charge is 2.13. The summed E-state index contributed by atoms with van der Waals surface area (Å²) in [5, 5.41) is 4.80. The van der Waals surface area contributed by atoms with E-state index in [0.29, 0.717) is 0 Å². The summed E-state index contributed by atoms with van der Waals surface area (Å²) in [4.78, 5) is 5.98.